The van der Waals surface area contributed by atoms with Crippen LogP contribution in [0.2, 0.25) is 0 Å². The van der Waals surface area contributed by atoms with Crippen LogP contribution in [0.4, 0.5) is 5.69 Å². The van der Waals surface area contributed by atoms with Gasteiger partial charge in [-0.15, -0.1) is 0 Å². The minimum absolute atomic E-state index is 0.158. The van der Waals surface area contributed by atoms with Crippen molar-refractivity contribution >= 4 is 34.2 Å². The van der Waals surface area contributed by atoms with Crippen LogP contribution in [0.5, 0.6) is 0 Å². The number of nitrogens with zero attached hydrogens (tertiary/aromatic N) is 1. The summed E-state index contributed by atoms with van der Waals surface area (Å²) in [6.07, 6.45) is 0.755. The summed E-state index contributed by atoms with van der Waals surface area (Å²) in [5.41, 5.74) is 0.900. The van der Waals surface area contributed by atoms with Crippen LogP contribution in [0.15, 0.2) is 24.3 Å². The number of benzene rings is 1. The van der Waals surface area contributed by atoms with Crippen LogP contribution in [-0.2, 0) is 4.79 Å². The van der Waals surface area contributed by atoms with Gasteiger partial charge in [-0.1, -0.05) is 31.9 Å². The van der Waals surface area contributed by atoms with Crippen LogP contribution in [-0.4, -0.2) is 13.0 Å². The number of rotatable bonds is 2. The normalized spacial score (nSPS) is 9.71. The van der Waals surface area contributed by atoms with E-state index in [2.05, 4.69) is 48.3 Å². The molecule has 0 aliphatic carbocycles. The second kappa shape index (κ2) is 6.65. The van der Waals surface area contributed by atoms with Gasteiger partial charge in [0.15, 0.2) is 0 Å². The second-order valence-corrected chi connectivity index (χ2v) is 5.38. The van der Waals surface area contributed by atoms with Crippen LogP contribution in [0.25, 0.3) is 0 Å². The van der Waals surface area contributed by atoms with Crippen molar-refractivity contribution in [3.8, 4) is 11.8 Å². The van der Waals surface area contributed by atoms with E-state index >= 15 is 0 Å². The summed E-state index contributed by atoms with van der Waals surface area (Å²) < 4.78 is 1.05. The molecule has 0 aliphatic rings. The summed E-state index contributed by atoms with van der Waals surface area (Å²) in [4.78, 5) is 13.4. The fraction of sp³-hybridized carbons (Fsp3) is 0.357. The fourth-order valence-corrected chi connectivity index (χ4v) is 2.00. The van der Waals surface area contributed by atoms with Crippen LogP contribution in [0.3, 0.4) is 0 Å². The first-order valence-corrected chi connectivity index (χ1v) is 6.61. The molecule has 0 fully saturated rings. The number of anilines is 1. The van der Waals surface area contributed by atoms with Crippen LogP contribution >= 0.6 is 22.6 Å². The maximum Gasteiger partial charge on any atom is 0.302 e. The van der Waals surface area contributed by atoms with E-state index < -0.39 is 0 Å². The van der Waals surface area contributed by atoms with Gasteiger partial charge < -0.3 is 4.90 Å². The fourth-order valence-electron chi connectivity index (χ4n) is 1.25. The number of amides is 1. The van der Waals surface area contributed by atoms with Gasteiger partial charge in [-0.2, -0.15) is 0 Å². The zero-order valence-corrected chi connectivity index (χ0v) is 12.5. The molecule has 3 heteroatoms. The molecule has 0 aromatic heterocycles. The van der Waals surface area contributed by atoms with Crippen molar-refractivity contribution in [3.63, 3.8) is 0 Å². The third kappa shape index (κ3) is 4.39. The molecule has 17 heavy (non-hydrogen) atoms. The van der Waals surface area contributed by atoms with Gasteiger partial charge in [0.2, 0.25) is 0 Å². The average molecular weight is 341 g/mol. The van der Waals surface area contributed by atoms with Crippen molar-refractivity contribution < 1.29 is 4.79 Å². The molecule has 0 N–H and O–H groups in total. The van der Waals surface area contributed by atoms with Crippen molar-refractivity contribution in [2.75, 3.05) is 11.9 Å². The molecule has 0 saturated heterocycles. The minimum Gasteiger partial charge on any atom is -0.304 e. The highest BCUT2D eigenvalue weighted by Crippen LogP contribution is 2.20. The summed E-state index contributed by atoms with van der Waals surface area (Å²) >= 11 is 2.22. The van der Waals surface area contributed by atoms with E-state index in [1.54, 1.807) is 11.9 Å². The topological polar surface area (TPSA) is 20.3 Å². The maximum atomic E-state index is 11.8. The Morgan fingerprint density at radius 3 is 2.65 bits per heavy atom. The Bertz CT molecular complexity index is 457. The molecule has 1 aromatic carbocycles. The van der Waals surface area contributed by atoms with E-state index in [1.807, 2.05) is 24.3 Å². The molecule has 1 rings (SSSR count). The van der Waals surface area contributed by atoms with Gasteiger partial charge in [0, 0.05) is 17.0 Å². The van der Waals surface area contributed by atoms with Crippen molar-refractivity contribution in [1.82, 2.24) is 0 Å². The van der Waals surface area contributed by atoms with Crippen LogP contribution in [0, 0.1) is 21.3 Å². The Hall–Kier alpha value is -1.02. The van der Waals surface area contributed by atoms with Crippen molar-refractivity contribution in [2.45, 2.75) is 20.3 Å². The third-order valence-electron chi connectivity index (χ3n) is 2.22. The van der Waals surface area contributed by atoms with Crippen molar-refractivity contribution in [3.05, 3.63) is 27.8 Å². The standard InChI is InChI=1S/C14H16INO/c1-11(2)7-6-10-14(17)16(3)13-9-5-4-8-12(13)15/h4-5,8-9,11H,7H2,1-3H3. The van der Waals surface area contributed by atoms with Gasteiger partial charge in [0.05, 0.1) is 5.69 Å². The lowest BCUT2D eigenvalue weighted by Crippen LogP contribution is -2.25. The first-order valence-electron chi connectivity index (χ1n) is 5.53. The molecule has 0 bridgehead atoms. The molecule has 0 radical (unpaired) electrons. The van der Waals surface area contributed by atoms with E-state index in [-0.39, 0.29) is 5.91 Å². The predicted molar refractivity (Wildman–Crippen MR) is 79.8 cm³/mol. The summed E-state index contributed by atoms with van der Waals surface area (Å²) in [5.74, 6) is 5.92. The van der Waals surface area contributed by atoms with E-state index in [4.69, 9.17) is 0 Å². The molecule has 0 spiro atoms. The first-order chi connectivity index (χ1) is 8.02. The average Bonchev–Trinajstić information content (AvgIpc) is 2.28. The third-order valence-corrected chi connectivity index (χ3v) is 3.14. The lowest BCUT2D eigenvalue weighted by Gasteiger charge is -2.15. The van der Waals surface area contributed by atoms with Gasteiger partial charge in [-0.05, 0) is 46.6 Å². The number of carbonyl (C=O) groups excluding carboxylic acids is 1. The quantitative estimate of drug-likeness (QED) is 0.597. The minimum atomic E-state index is -0.158. The number of hydrogen-bond acceptors (Lipinski definition) is 1. The highest BCUT2D eigenvalue weighted by Gasteiger charge is 2.10. The van der Waals surface area contributed by atoms with Crippen molar-refractivity contribution in [1.29, 1.82) is 0 Å². The SMILES string of the molecule is CC(C)CC#CC(=O)N(C)c1ccccc1I. The highest BCUT2D eigenvalue weighted by molar-refractivity contribution is 14.1. The zero-order chi connectivity index (χ0) is 12.8. The molecular weight excluding hydrogens is 325 g/mol. The number of halogens is 1. The Balaban J connectivity index is 2.76. The van der Waals surface area contributed by atoms with E-state index in [9.17, 15) is 4.79 Å². The van der Waals surface area contributed by atoms with Crippen LogP contribution < -0.4 is 4.90 Å². The number of para-hydroxylation sites is 1. The monoisotopic (exact) mass is 341 g/mol. The molecule has 0 unspecified atom stereocenters. The highest BCUT2D eigenvalue weighted by atomic mass is 127. The first kappa shape index (κ1) is 14.0. The van der Waals surface area contributed by atoms with Gasteiger partial charge in [-0.25, -0.2) is 0 Å². The molecular formula is C14H16INO. The van der Waals surface area contributed by atoms with Crippen LogP contribution in [0.1, 0.15) is 20.3 Å². The largest absolute Gasteiger partial charge is 0.304 e. The van der Waals surface area contributed by atoms with Gasteiger partial charge in [-0.3, -0.25) is 4.79 Å². The number of hydrogen-bond donors (Lipinski definition) is 0. The summed E-state index contributed by atoms with van der Waals surface area (Å²) in [6.45, 7) is 4.17. The zero-order valence-electron chi connectivity index (χ0n) is 10.3. The molecule has 0 saturated carbocycles. The Morgan fingerprint density at radius 1 is 1.41 bits per heavy atom. The Morgan fingerprint density at radius 2 is 2.06 bits per heavy atom. The molecule has 0 aliphatic heterocycles. The molecule has 1 amide bonds. The molecule has 1 aromatic rings. The van der Waals surface area contributed by atoms with Gasteiger partial charge >= 0.3 is 5.91 Å². The van der Waals surface area contributed by atoms with Gasteiger partial charge in [0.25, 0.3) is 0 Å². The number of carbonyl (C=O) groups is 1. The van der Waals surface area contributed by atoms with Gasteiger partial charge in [0.1, 0.15) is 0 Å². The molecule has 2 nitrogen and oxygen atoms in total. The molecule has 0 atom stereocenters. The lowest BCUT2D eigenvalue weighted by molar-refractivity contribution is -0.113. The Kier molecular flexibility index (Phi) is 5.49. The predicted octanol–water partition coefficient (Wildman–Crippen LogP) is 3.30. The van der Waals surface area contributed by atoms with E-state index in [0.29, 0.717) is 5.92 Å². The lowest BCUT2D eigenvalue weighted by atomic mass is 10.1. The summed E-state index contributed by atoms with van der Waals surface area (Å²) in [5, 5.41) is 0. The smallest absolute Gasteiger partial charge is 0.302 e. The van der Waals surface area contributed by atoms with E-state index in [0.717, 1.165) is 15.7 Å². The maximum absolute atomic E-state index is 11.8. The molecule has 0 heterocycles. The van der Waals surface area contributed by atoms with E-state index in [1.165, 1.54) is 0 Å². The summed E-state index contributed by atoms with van der Waals surface area (Å²) in [6, 6.07) is 7.77. The second-order valence-electron chi connectivity index (χ2n) is 4.22. The summed E-state index contributed by atoms with van der Waals surface area (Å²) in [7, 11) is 1.75. The Labute approximate surface area is 117 Å². The molecule has 90 valence electrons. The van der Waals surface area contributed by atoms with Crippen molar-refractivity contribution in [2.24, 2.45) is 5.92 Å².